The van der Waals surface area contributed by atoms with Gasteiger partial charge in [0.25, 0.3) is 0 Å². The van der Waals surface area contributed by atoms with Crippen molar-refractivity contribution < 1.29 is 4.74 Å². The number of hydrogen-bond donors (Lipinski definition) is 0. The first-order chi connectivity index (χ1) is 26.8. The van der Waals surface area contributed by atoms with E-state index >= 15 is 0 Å². The fraction of sp³-hybridized carbons (Fsp3) is 0.0800. The standard InChI is InChI=1S/C50H37N2OPS/c1-30-17-19-37(20-18-30)51-42-23-31(2)24-43-48(42)54(55)49-44(51)25-32(3)27-46(49)53-47-28-33(4)26-45(50(47)54)52(43)41-22-21-38(39-15-8-9-16-40(39)41)36-14-10-13-35(29-36)34-11-6-5-7-12-34/h5-29H,1-4H3. The summed E-state index contributed by atoms with van der Waals surface area (Å²) in [5.74, 6) is 1.77. The number of nitrogens with zero attached hydrogens (tertiary/aromatic N) is 2. The summed E-state index contributed by atoms with van der Waals surface area (Å²) in [6.45, 7) is 8.69. The van der Waals surface area contributed by atoms with Gasteiger partial charge in [-0.05, 0) is 133 Å². The van der Waals surface area contributed by atoms with E-state index in [-0.39, 0.29) is 0 Å². The third-order valence-corrected chi connectivity index (χ3v) is 16.3. The summed E-state index contributed by atoms with van der Waals surface area (Å²) in [4.78, 5) is 4.93. The monoisotopic (exact) mass is 744 g/mol. The molecule has 55 heavy (non-hydrogen) atoms. The lowest BCUT2D eigenvalue weighted by Gasteiger charge is -2.49. The van der Waals surface area contributed by atoms with E-state index < -0.39 is 6.04 Å². The number of ether oxygens (including phenoxy) is 1. The second-order valence-electron chi connectivity index (χ2n) is 15.3. The molecule has 0 bridgehead atoms. The van der Waals surface area contributed by atoms with Crippen molar-refractivity contribution in [3.8, 4) is 33.8 Å². The van der Waals surface area contributed by atoms with Crippen LogP contribution >= 0.6 is 6.04 Å². The molecule has 1 atom stereocenters. The van der Waals surface area contributed by atoms with E-state index in [1.165, 1.54) is 49.5 Å². The van der Waals surface area contributed by atoms with E-state index in [1.54, 1.807) is 0 Å². The maximum atomic E-state index is 7.25. The molecule has 8 aromatic rings. The minimum atomic E-state index is -2.60. The van der Waals surface area contributed by atoms with Crippen LogP contribution in [0.15, 0.2) is 152 Å². The topological polar surface area (TPSA) is 15.7 Å². The number of rotatable bonds is 4. The van der Waals surface area contributed by atoms with E-state index in [4.69, 9.17) is 16.5 Å². The van der Waals surface area contributed by atoms with Crippen LogP contribution in [-0.2, 0) is 11.8 Å². The third kappa shape index (κ3) is 4.65. The van der Waals surface area contributed by atoms with E-state index in [2.05, 4.69) is 189 Å². The van der Waals surface area contributed by atoms with Crippen LogP contribution in [-0.4, -0.2) is 0 Å². The fourth-order valence-corrected chi connectivity index (χ4v) is 14.3. The lowest BCUT2D eigenvalue weighted by molar-refractivity contribution is 0.488. The molecule has 0 radical (unpaired) electrons. The Bertz CT molecular complexity index is 2990. The van der Waals surface area contributed by atoms with Gasteiger partial charge in [0.2, 0.25) is 0 Å². The molecular formula is C50H37N2OPS. The van der Waals surface area contributed by atoms with E-state index in [9.17, 15) is 0 Å². The normalized spacial score (nSPS) is 15.9. The molecule has 11 rings (SSSR count). The highest BCUT2D eigenvalue weighted by Crippen LogP contribution is 2.66. The Morgan fingerprint density at radius 1 is 0.418 bits per heavy atom. The van der Waals surface area contributed by atoms with Gasteiger partial charge in [-0.1, -0.05) is 108 Å². The van der Waals surface area contributed by atoms with E-state index in [1.807, 2.05) is 0 Å². The number of anilines is 6. The predicted octanol–water partition coefficient (Wildman–Crippen LogP) is 12.8. The molecule has 0 saturated heterocycles. The van der Waals surface area contributed by atoms with Gasteiger partial charge >= 0.3 is 0 Å². The quantitative estimate of drug-likeness (QED) is 0.167. The number of aryl methyl sites for hydroxylation is 4. The van der Waals surface area contributed by atoms with Crippen LogP contribution in [0.3, 0.4) is 0 Å². The van der Waals surface area contributed by atoms with Gasteiger partial charge in [0, 0.05) is 16.4 Å². The molecule has 0 aromatic heterocycles. The van der Waals surface area contributed by atoms with Crippen LogP contribution in [0.2, 0.25) is 0 Å². The van der Waals surface area contributed by atoms with Gasteiger partial charge in [0.05, 0.1) is 45.1 Å². The van der Waals surface area contributed by atoms with Crippen molar-refractivity contribution >= 4 is 78.7 Å². The molecule has 3 nitrogen and oxygen atoms in total. The van der Waals surface area contributed by atoms with Gasteiger partial charge in [-0.2, -0.15) is 0 Å². The van der Waals surface area contributed by atoms with Crippen LogP contribution in [0, 0.1) is 27.7 Å². The molecule has 3 aliphatic heterocycles. The van der Waals surface area contributed by atoms with E-state index in [0.29, 0.717) is 0 Å². The van der Waals surface area contributed by atoms with Gasteiger partial charge in [-0.25, -0.2) is 0 Å². The predicted molar refractivity (Wildman–Crippen MR) is 236 cm³/mol. The molecule has 0 spiro atoms. The molecule has 3 heterocycles. The Hall–Kier alpha value is -5.93. The zero-order valence-corrected chi connectivity index (χ0v) is 32.8. The molecule has 0 saturated carbocycles. The van der Waals surface area contributed by atoms with Crippen LogP contribution in [0.4, 0.5) is 34.1 Å². The zero-order chi connectivity index (χ0) is 37.2. The molecule has 0 fully saturated rings. The Labute approximate surface area is 327 Å². The Balaban J connectivity index is 1.21. The number of benzene rings is 8. The van der Waals surface area contributed by atoms with Gasteiger partial charge in [-0.3, -0.25) is 0 Å². The van der Waals surface area contributed by atoms with Crippen LogP contribution in [0.25, 0.3) is 33.0 Å². The Morgan fingerprint density at radius 3 is 1.65 bits per heavy atom. The minimum Gasteiger partial charge on any atom is -0.456 e. The average molecular weight is 745 g/mol. The molecule has 0 N–H and O–H groups in total. The summed E-state index contributed by atoms with van der Waals surface area (Å²) >= 11 is 7.25. The summed E-state index contributed by atoms with van der Waals surface area (Å²) < 4.78 is 7.01. The van der Waals surface area contributed by atoms with E-state index in [0.717, 1.165) is 67.4 Å². The van der Waals surface area contributed by atoms with Crippen LogP contribution in [0.1, 0.15) is 22.3 Å². The molecule has 1 unspecified atom stereocenters. The molecule has 0 amide bonds. The molecule has 264 valence electrons. The Morgan fingerprint density at radius 2 is 0.964 bits per heavy atom. The summed E-state index contributed by atoms with van der Waals surface area (Å²) in [5, 5.41) is 5.93. The molecular weight excluding hydrogens is 708 g/mol. The zero-order valence-electron chi connectivity index (χ0n) is 31.1. The van der Waals surface area contributed by atoms with Crippen molar-refractivity contribution in [2.24, 2.45) is 0 Å². The van der Waals surface area contributed by atoms with Crippen molar-refractivity contribution in [3.63, 3.8) is 0 Å². The van der Waals surface area contributed by atoms with Gasteiger partial charge in [0.15, 0.2) is 0 Å². The third-order valence-electron chi connectivity index (χ3n) is 11.5. The highest BCUT2D eigenvalue weighted by atomic mass is 32.4. The second-order valence-corrected chi connectivity index (χ2v) is 19.5. The molecule has 3 aliphatic rings. The van der Waals surface area contributed by atoms with Crippen LogP contribution in [0.5, 0.6) is 11.5 Å². The number of hydrogen-bond acceptors (Lipinski definition) is 4. The van der Waals surface area contributed by atoms with Crippen molar-refractivity contribution in [1.82, 2.24) is 0 Å². The van der Waals surface area contributed by atoms with Gasteiger partial charge < -0.3 is 14.5 Å². The first-order valence-electron chi connectivity index (χ1n) is 18.9. The van der Waals surface area contributed by atoms with Crippen molar-refractivity contribution in [2.45, 2.75) is 27.7 Å². The summed E-state index contributed by atoms with van der Waals surface area (Å²) in [7, 11) is 0. The fourth-order valence-electron chi connectivity index (χ4n) is 9.16. The molecule has 5 heteroatoms. The van der Waals surface area contributed by atoms with Crippen molar-refractivity contribution in [2.75, 3.05) is 9.80 Å². The first kappa shape index (κ1) is 32.5. The average Bonchev–Trinajstić information content (AvgIpc) is 3.18. The second kappa shape index (κ2) is 11.8. The lowest BCUT2D eigenvalue weighted by atomic mass is 9.94. The summed E-state index contributed by atoms with van der Waals surface area (Å²) in [5.41, 5.74) is 16.3. The van der Waals surface area contributed by atoms with Crippen LogP contribution < -0.4 is 30.5 Å². The maximum Gasteiger partial charge on any atom is 0.138 e. The molecule has 0 aliphatic carbocycles. The largest absolute Gasteiger partial charge is 0.456 e. The van der Waals surface area contributed by atoms with Gasteiger partial charge in [-0.15, -0.1) is 0 Å². The minimum absolute atomic E-state index is 0.881. The SMILES string of the molecule is Cc1ccc(N2c3cc(C)cc4c3P3(=S)c5c(cc(C)cc5N(c5ccc(-c6cccc(-c7ccccc7)c6)c6ccccc56)c5cc(C)cc2c53)O4)cc1. The highest BCUT2D eigenvalue weighted by molar-refractivity contribution is 8.26. The maximum absolute atomic E-state index is 7.25. The van der Waals surface area contributed by atoms with Gasteiger partial charge in [0.1, 0.15) is 11.5 Å². The summed E-state index contributed by atoms with van der Waals surface area (Å²) in [6.07, 6.45) is 0. The molecule has 8 aromatic carbocycles. The summed E-state index contributed by atoms with van der Waals surface area (Å²) in [6, 6.07) is 53.0. The highest BCUT2D eigenvalue weighted by Gasteiger charge is 2.51. The first-order valence-corrected chi connectivity index (χ1v) is 21.7. The lowest BCUT2D eigenvalue weighted by Crippen LogP contribution is -2.45. The van der Waals surface area contributed by atoms with Crippen molar-refractivity contribution in [3.05, 3.63) is 174 Å². The smallest absolute Gasteiger partial charge is 0.138 e. The number of fused-ring (bicyclic) bond motifs is 1. The Kier molecular flexibility index (Phi) is 6.96. The van der Waals surface area contributed by atoms with Crippen molar-refractivity contribution in [1.29, 1.82) is 0 Å².